The first-order valence-electron chi connectivity index (χ1n) is 6.03. The van der Waals surface area contributed by atoms with Crippen LogP contribution in [0.5, 0.6) is 0 Å². The second kappa shape index (κ2) is 6.48. The normalized spacial score (nSPS) is 17.8. The number of anilines is 1. The van der Waals surface area contributed by atoms with Crippen LogP contribution in [0.1, 0.15) is 6.42 Å². The number of aromatic nitrogens is 2. The van der Waals surface area contributed by atoms with Gasteiger partial charge in [0, 0.05) is 26.2 Å². The molecule has 100 valence electrons. The number of rotatable bonds is 3. The van der Waals surface area contributed by atoms with Crippen LogP contribution in [0, 0.1) is 3.57 Å². The van der Waals surface area contributed by atoms with Gasteiger partial charge in [-0.3, -0.25) is 9.69 Å². The van der Waals surface area contributed by atoms with E-state index >= 15 is 0 Å². The van der Waals surface area contributed by atoms with E-state index in [0.29, 0.717) is 10.1 Å². The van der Waals surface area contributed by atoms with E-state index in [4.69, 9.17) is 5.11 Å². The van der Waals surface area contributed by atoms with E-state index in [-0.39, 0.29) is 12.2 Å². The quantitative estimate of drug-likeness (QED) is 0.732. The molecule has 2 heterocycles. The van der Waals surface area contributed by atoms with Crippen LogP contribution in [-0.2, 0) is 0 Å². The van der Waals surface area contributed by atoms with E-state index < -0.39 is 0 Å². The minimum atomic E-state index is -0.0861. The standard InChI is InChI=1S/C11H17IN4O2/c12-9-10(13-8-14-11(9)18)16-3-1-2-15(4-5-16)6-7-17/h8,17H,1-7H2,(H,13,14,18). The number of nitrogens with zero attached hydrogens (tertiary/aromatic N) is 3. The number of halogens is 1. The third-order valence-electron chi connectivity index (χ3n) is 3.08. The number of hydrogen-bond donors (Lipinski definition) is 2. The van der Waals surface area contributed by atoms with Crippen molar-refractivity contribution in [3.8, 4) is 0 Å². The highest BCUT2D eigenvalue weighted by molar-refractivity contribution is 14.1. The summed E-state index contributed by atoms with van der Waals surface area (Å²) in [6.07, 6.45) is 2.47. The number of hydrogen-bond acceptors (Lipinski definition) is 5. The molecule has 2 N–H and O–H groups in total. The van der Waals surface area contributed by atoms with Gasteiger partial charge in [-0.1, -0.05) is 0 Å². The van der Waals surface area contributed by atoms with Gasteiger partial charge in [-0.15, -0.1) is 0 Å². The fraction of sp³-hybridized carbons (Fsp3) is 0.636. The van der Waals surface area contributed by atoms with Crippen molar-refractivity contribution in [3.63, 3.8) is 0 Å². The number of H-pyrrole nitrogens is 1. The average molecular weight is 364 g/mol. The molecule has 1 fully saturated rings. The summed E-state index contributed by atoms with van der Waals surface area (Å²) in [5.41, 5.74) is -0.0861. The van der Waals surface area contributed by atoms with Crippen molar-refractivity contribution in [2.75, 3.05) is 44.2 Å². The summed E-state index contributed by atoms with van der Waals surface area (Å²) in [5, 5.41) is 8.96. The summed E-state index contributed by atoms with van der Waals surface area (Å²) in [6, 6.07) is 0. The smallest absolute Gasteiger partial charge is 0.266 e. The van der Waals surface area contributed by atoms with Gasteiger partial charge < -0.3 is 15.0 Å². The fourth-order valence-corrected chi connectivity index (χ4v) is 2.78. The van der Waals surface area contributed by atoms with Crippen LogP contribution in [0.2, 0.25) is 0 Å². The molecule has 2 rings (SSSR count). The van der Waals surface area contributed by atoms with Crippen molar-refractivity contribution in [1.82, 2.24) is 14.9 Å². The second-order valence-corrected chi connectivity index (χ2v) is 5.35. The first-order chi connectivity index (χ1) is 8.72. The van der Waals surface area contributed by atoms with Gasteiger partial charge in [0.2, 0.25) is 0 Å². The topological polar surface area (TPSA) is 72.5 Å². The Hall–Kier alpha value is -0.670. The lowest BCUT2D eigenvalue weighted by Gasteiger charge is -2.22. The Kier molecular flexibility index (Phi) is 4.95. The van der Waals surface area contributed by atoms with Gasteiger partial charge in [-0.25, -0.2) is 4.98 Å². The molecule has 1 aromatic heterocycles. The SMILES string of the molecule is O=c1[nH]cnc(N2CCCN(CCO)CC2)c1I. The van der Waals surface area contributed by atoms with E-state index in [0.717, 1.165) is 38.4 Å². The maximum atomic E-state index is 11.6. The van der Waals surface area contributed by atoms with Crippen molar-refractivity contribution in [2.24, 2.45) is 0 Å². The Bertz CT molecular complexity index is 451. The van der Waals surface area contributed by atoms with Crippen LogP contribution in [0.15, 0.2) is 11.1 Å². The molecule has 0 radical (unpaired) electrons. The Morgan fingerprint density at radius 3 is 3.00 bits per heavy atom. The second-order valence-electron chi connectivity index (χ2n) is 4.28. The van der Waals surface area contributed by atoms with Crippen molar-refractivity contribution >= 4 is 28.4 Å². The van der Waals surface area contributed by atoms with Crippen LogP contribution in [0.3, 0.4) is 0 Å². The first-order valence-corrected chi connectivity index (χ1v) is 7.11. The van der Waals surface area contributed by atoms with Gasteiger partial charge in [-0.05, 0) is 35.6 Å². The maximum Gasteiger partial charge on any atom is 0.266 e. The minimum absolute atomic E-state index is 0.0861. The molecule has 0 atom stereocenters. The summed E-state index contributed by atoms with van der Waals surface area (Å²) in [5.74, 6) is 0.769. The number of β-amino-alcohol motifs (C(OH)–C–C–N with tert-alkyl or cyclic N) is 1. The third kappa shape index (κ3) is 3.21. The molecular weight excluding hydrogens is 347 g/mol. The Labute approximate surface area is 119 Å². The van der Waals surface area contributed by atoms with E-state index in [2.05, 4.69) is 19.8 Å². The van der Waals surface area contributed by atoms with Crippen molar-refractivity contribution < 1.29 is 5.11 Å². The molecule has 1 saturated heterocycles. The zero-order valence-electron chi connectivity index (χ0n) is 10.1. The van der Waals surface area contributed by atoms with E-state index in [1.807, 2.05) is 22.6 Å². The highest BCUT2D eigenvalue weighted by Gasteiger charge is 2.18. The van der Waals surface area contributed by atoms with Gasteiger partial charge in [0.25, 0.3) is 5.56 Å². The number of aliphatic hydroxyl groups excluding tert-OH is 1. The summed E-state index contributed by atoms with van der Waals surface area (Å²) in [6.45, 7) is 4.53. The zero-order chi connectivity index (χ0) is 13.0. The van der Waals surface area contributed by atoms with Crippen LogP contribution < -0.4 is 10.5 Å². The lowest BCUT2D eigenvalue weighted by Crippen LogP contribution is -2.34. The molecule has 0 bridgehead atoms. The lowest BCUT2D eigenvalue weighted by molar-refractivity contribution is 0.204. The Morgan fingerprint density at radius 1 is 1.39 bits per heavy atom. The molecule has 0 spiro atoms. The summed E-state index contributed by atoms with van der Waals surface area (Å²) in [4.78, 5) is 22.8. The zero-order valence-corrected chi connectivity index (χ0v) is 12.3. The monoisotopic (exact) mass is 364 g/mol. The largest absolute Gasteiger partial charge is 0.395 e. The van der Waals surface area contributed by atoms with Crippen LogP contribution >= 0.6 is 22.6 Å². The molecule has 1 aliphatic rings. The fourth-order valence-electron chi connectivity index (χ4n) is 2.14. The summed E-state index contributed by atoms with van der Waals surface area (Å²) >= 11 is 2.04. The molecule has 6 nitrogen and oxygen atoms in total. The third-order valence-corrected chi connectivity index (χ3v) is 4.05. The predicted octanol–water partition coefficient (Wildman–Crippen LogP) is -0.121. The van der Waals surface area contributed by atoms with Crippen LogP contribution in [0.25, 0.3) is 0 Å². The van der Waals surface area contributed by atoms with Crippen LogP contribution in [0.4, 0.5) is 5.82 Å². The molecule has 18 heavy (non-hydrogen) atoms. The highest BCUT2D eigenvalue weighted by Crippen LogP contribution is 2.17. The summed E-state index contributed by atoms with van der Waals surface area (Å²) < 4.78 is 0.644. The highest BCUT2D eigenvalue weighted by atomic mass is 127. The van der Waals surface area contributed by atoms with Gasteiger partial charge in [0.1, 0.15) is 9.39 Å². The maximum absolute atomic E-state index is 11.6. The van der Waals surface area contributed by atoms with Crippen molar-refractivity contribution in [2.45, 2.75) is 6.42 Å². The van der Waals surface area contributed by atoms with Crippen molar-refractivity contribution in [3.05, 3.63) is 20.3 Å². The molecule has 0 amide bonds. The van der Waals surface area contributed by atoms with Gasteiger partial charge in [0.15, 0.2) is 0 Å². The molecule has 0 aromatic carbocycles. The Morgan fingerprint density at radius 2 is 2.22 bits per heavy atom. The van der Waals surface area contributed by atoms with Gasteiger partial charge in [0.05, 0.1) is 12.9 Å². The summed E-state index contributed by atoms with van der Waals surface area (Å²) in [7, 11) is 0. The minimum Gasteiger partial charge on any atom is -0.395 e. The Balaban J connectivity index is 2.10. The van der Waals surface area contributed by atoms with Gasteiger partial charge >= 0.3 is 0 Å². The molecule has 7 heteroatoms. The number of aliphatic hydroxyl groups is 1. The molecule has 0 aliphatic carbocycles. The molecule has 0 saturated carbocycles. The molecule has 1 aliphatic heterocycles. The molecule has 0 unspecified atom stereocenters. The average Bonchev–Trinajstić information content (AvgIpc) is 2.59. The first kappa shape index (κ1) is 13.8. The number of aromatic amines is 1. The lowest BCUT2D eigenvalue weighted by atomic mass is 10.4. The molecule has 1 aromatic rings. The van der Waals surface area contributed by atoms with E-state index in [1.54, 1.807) is 0 Å². The molecular formula is C11H17IN4O2. The van der Waals surface area contributed by atoms with E-state index in [1.165, 1.54) is 6.33 Å². The number of nitrogens with one attached hydrogen (secondary N) is 1. The predicted molar refractivity (Wildman–Crippen MR) is 77.9 cm³/mol. The van der Waals surface area contributed by atoms with Gasteiger partial charge in [-0.2, -0.15) is 0 Å². The van der Waals surface area contributed by atoms with E-state index in [9.17, 15) is 4.79 Å². The van der Waals surface area contributed by atoms with Crippen molar-refractivity contribution in [1.29, 1.82) is 0 Å². The van der Waals surface area contributed by atoms with Crippen LogP contribution in [-0.4, -0.2) is 59.3 Å².